The van der Waals surface area contributed by atoms with Crippen molar-refractivity contribution in [2.24, 2.45) is 12.8 Å². The Bertz CT molecular complexity index is 1390. The number of nitrogens with two attached hydrogens (primary N) is 1. The van der Waals surface area contributed by atoms with Gasteiger partial charge in [0.2, 0.25) is 0 Å². The molecule has 2 atom stereocenters. The molecular formula is C24H23N7O3. The summed E-state index contributed by atoms with van der Waals surface area (Å²) < 4.78 is 8.38. The van der Waals surface area contributed by atoms with Gasteiger partial charge in [0.1, 0.15) is 6.10 Å². The highest BCUT2D eigenvalue weighted by Gasteiger charge is 2.25. The maximum absolute atomic E-state index is 13.1. The van der Waals surface area contributed by atoms with Gasteiger partial charge in [-0.3, -0.25) is 14.3 Å². The molecule has 1 aromatic carbocycles. The van der Waals surface area contributed by atoms with Crippen LogP contribution in [0.15, 0.2) is 66.0 Å². The topological polar surface area (TPSA) is 131 Å². The Morgan fingerprint density at radius 2 is 1.91 bits per heavy atom. The van der Waals surface area contributed by atoms with Crippen LogP contribution in [-0.2, 0) is 7.05 Å². The van der Waals surface area contributed by atoms with Crippen molar-refractivity contribution < 1.29 is 9.53 Å². The summed E-state index contributed by atoms with van der Waals surface area (Å²) in [7, 11) is 1.78. The van der Waals surface area contributed by atoms with Crippen LogP contribution in [0.3, 0.4) is 0 Å². The molecule has 5 rings (SSSR count). The number of benzene rings is 1. The van der Waals surface area contributed by atoms with Crippen molar-refractivity contribution in [3.8, 4) is 28.4 Å². The highest BCUT2D eigenvalue weighted by atomic mass is 16.5. The first-order valence-electron chi connectivity index (χ1n) is 11.0. The predicted molar refractivity (Wildman–Crippen MR) is 124 cm³/mol. The van der Waals surface area contributed by atoms with Crippen molar-refractivity contribution in [2.75, 3.05) is 0 Å². The third-order valence-electron chi connectivity index (χ3n) is 5.78. The van der Waals surface area contributed by atoms with Crippen molar-refractivity contribution >= 4 is 5.91 Å². The normalized spacial score (nSPS) is 17.6. The summed E-state index contributed by atoms with van der Waals surface area (Å²) in [5.41, 5.74) is 7.63. The fourth-order valence-corrected chi connectivity index (χ4v) is 3.98. The maximum atomic E-state index is 13.1. The van der Waals surface area contributed by atoms with Gasteiger partial charge in [-0.05, 0) is 37.5 Å². The minimum atomic E-state index is -0.548. The Kier molecular flexibility index (Phi) is 5.72. The van der Waals surface area contributed by atoms with Crippen LogP contribution in [0.5, 0.6) is 5.75 Å². The minimum Gasteiger partial charge on any atom is -0.486 e. The lowest BCUT2D eigenvalue weighted by molar-refractivity contribution is 0.0939. The first-order valence-corrected chi connectivity index (χ1v) is 11.0. The Balaban J connectivity index is 1.39. The van der Waals surface area contributed by atoms with Gasteiger partial charge in [-0.15, -0.1) is 0 Å². The van der Waals surface area contributed by atoms with Gasteiger partial charge in [-0.25, -0.2) is 9.97 Å². The van der Waals surface area contributed by atoms with E-state index in [4.69, 9.17) is 10.5 Å². The molecule has 10 nitrogen and oxygen atoms in total. The van der Waals surface area contributed by atoms with Crippen LogP contribution in [0.4, 0.5) is 0 Å². The van der Waals surface area contributed by atoms with E-state index in [9.17, 15) is 9.59 Å². The van der Waals surface area contributed by atoms with Gasteiger partial charge in [-0.1, -0.05) is 12.1 Å². The zero-order valence-electron chi connectivity index (χ0n) is 18.5. The molecule has 1 fully saturated rings. The Hall–Kier alpha value is -4.18. The van der Waals surface area contributed by atoms with E-state index in [1.165, 1.54) is 6.07 Å². The average molecular weight is 457 g/mol. The monoisotopic (exact) mass is 457 g/mol. The molecule has 1 saturated carbocycles. The fraction of sp³-hybridized carbons (Fsp3) is 0.250. The third kappa shape index (κ3) is 4.35. The second kappa shape index (κ2) is 8.99. The van der Waals surface area contributed by atoms with Crippen molar-refractivity contribution in [1.82, 2.24) is 29.5 Å². The molecule has 1 aliphatic rings. The summed E-state index contributed by atoms with van der Waals surface area (Å²) in [6.45, 7) is 0. The van der Waals surface area contributed by atoms with Gasteiger partial charge in [0.05, 0.1) is 24.3 Å². The van der Waals surface area contributed by atoms with Crippen LogP contribution < -0.4 is 16.0 Å². The molecule has 0 saturated heterocycles. The van der Waals surface area contributed by atoms with E-state index >= 15 is 0 Å². The van der Waals surface area contributed by atoms with E-state index in [1.54, 1.807) is 66.8 Å². The predicted octanol–water partition coefficient (Wildman–Crippen LogP) is 2.05. The van der Waals surface area contributed by atoms with Crippen molar-refractivity contribution in [1.29, 1.82) is 0 Å². The molecule has 1 aliphatic carbocycles. The summed E-state index contributed by atoms with van der Waals surface area (Å²) in [5, 5.41) is 8.35. The third-order valence-corrected chi connectivity index (χ3v) is 5.78. The molecule has 3 heterocycles. The van der Waals surface area contributed by atoms with E-state index in [0.29, 0.717) is 28.4 Å². The Morgan fingerprint density at radius 3 is 2.62 bits per heavy atom. The lowest BCUT2D eigenvalue weighted by atomic mass is 10.1. The van der Waals surface area contributed by atoms with Crippen LogP contribution in [0, 0.1) is 0 Å². The average Bonchev–Trinajstić information content (AvgIpc) is 3.47. The number of carbonyl (C=O) groups excluding carboxylic acids is 1. The van der Waals surface area contributed by atoms with Crippen LogP contribution >= 0.6 is 0 Å². The van der Waals surface area contributed by atoms with Crippen LogP contribution in [-0.4, -0.2) is 47.6 Å². The molecule has 4 aromatic rings. The molecule has 0 aliphatic heterocycles. The molecule has 172 valence electrons. The first kappa shape index (κ1) is 21.7. The highest BCUT2D eigenvalue weighted by Crippen LogP contribution is 2.24. The molecule has 2 N–H and O–H groups in total. The summed E-state index contributed by atoms with van der Waals surface area (Å²) in [6.07, 6.45) is 9.48. The zero-order chi connectivity index (χ0) is 23.7. The number of hydrogen-bond donors (Lipinski definition) is 1. The second-order valence-electron chi connectivity index (χ2n) is 8.25. The van der Waals surface area contributed by atoms with E-state index in [0.717, 1.165) is 23.9 Å². The molecule has 0 amide bonds. The molecule has 0 radical (unpaired) electrons. The quantitative estimate of drug-likeness (QED) is 0.482. The molecule has 0 bridgehead atoms. The SMILES string of the molecule is Cn1cc(-c2ccc(=O)n(C(=O)c3cccc(-c4ncc(O[C@H]5CCC[C@H]5N)cn4)c3)n2)cn1. The lowest BCUT2D eigenvalue weighted by Gasteiger charge is -2.17. The van der Waals surface area contributed by atoms with Gasteiger partial charge < -0.3 is 10.5 Å². The second-order valence-corrected chi connectivity index (χ2v) is 8.25. The number of ether oxygens (including phenoxy) is 1. The smallest absolute Gasteiger partial charge is 0.281 e. The minimum absolute atomic E-state index is 0.0241. The first-order chi connectivity index (χ1) is 16.5. The maximum Gasteiger partial charge on any atom is 0.281 e. The fourth-order valence-electron chi connectivity index (χ4n) is 3.98. The van der Waals surface area contributed by atoms with Crippen molar-refractivity contribution in [3.05, 3.63) is 77.1 Å². The standard InChI is InChI=1S/C24H23N7O3/c1-30-14-17(11-28-30)20-8-9-22(32)31(29-20)24(33)16-5-2-4-15(10-16)23-26-12-18(13-27-23)34-21-7-3-6-19(21)25/h2,4-5,8-14,19,21H,3,6-7,25H2,1H3/t19-,21+/m1/s1. The van der Waals surface area contributed by atoms with E-state index in [1.807, 2.05) is 0 Å². The van der Waals surface area contributed by atoms with E-state index in [2.05, 4.69) is 20.2 Å². The molecule has 34 heavy (non-hydrogen) atoms. The largest absolute Gasteiger partial charge is 0.486 e. The highest BCUT2D eigenvalue weighted by molar-refractivity contribution is 5.96. The van der Waals surface area contributed by atoms with Gasteiger partial charge in [0.15, 0.2) is 11.6 Å². The van der Waals surface area contributed by atoms with Gasteiger partial charge >= 0.3 is 0 Å². The molecule has 0 spiro atoms. The zero-order valence-corrected chi connectivity index (χ0v) is 18.5. The number of carbonyl (C=O) groups is 1. The number of aromatic nitrogens is 6. The summed E-state index contributed by atoms with van der Waals surface area (Å²) in [6, 6.07) is 9.66. The van der Waals surface area contributed by atoms with Crippen LogP contribution in [0.2, 0.25) is 0 Å². The Labute approximate surface area is 195 Å². The molecular weight excluding hydrogens is 434 g/mol. The number of aryl methyl sites for hydroxylation is 1. The van der Waals surface area contributed by atoms with E-state index < -0.39 is 11.5 Å². The molecule has 3 aromatic heterocycles. The number of hydrogen-bond acceptors (Lipinski definition) is 8. The van der Waals surface area contributed by atoms with Crippen molar-refractivity contribution in [2.45, 2.75) is 31.4 Å². The summed E-state index contributed by atoms with van der Waals surface area (Å²) in [4.78, 5) is 34.3. The Morgan fingerprint density at radius 1 is 1.09 bits per heavy atom. The molecule has 0 unspecified atom stereocenters. The van der Waals surface area contributed by atoms with Gasteiger partial charge in [0.25, 0.3) is 11.5 Å². The van der Waals surface area contributed by atoms with Gasteiger partial charge in [-0.2, -0.15) is 14.9 Å². The van der Waals surface area contributed by atoms with Crippen LogP contribution in [0.1, 0.15) is 29.6 Å². The summed E-state index contributed by atoms with van der Waals surface area (Å²) in [5.74, 6) is 0.441. The lowest BCUT2D eigenvalue weighted by Crippen LogP contribution is -2.33. The molecule has 10 heteroatoms. The van der Waals surface area contributed by atoms with E-state index in [-0.39, 0.29) is 17.7 Å². The summed E-state index contributed by atoms with van der Waals surface area (Å²) >= 11 is 0. The number of nitrogens with zero attached hydrogens (tertiary/aromatic N) is 6. The van der Waals surface area contributed by atoms with Crippen molar-refractivity contribution in [3.63, 3.8) is 0 Å². The van der Waals surface area contributed by atoms with Crippen LogP contribution in [0.25, 0.3) is 22.6 Å². The van der Waals surface area contributed by atoms with Gasteiger partial charge in [0, 0.05) is 42.0 Å². The number of rotatable bonds is 5.